The molecule has 17 heavy (non-hydrogen) atoms. The highest BCUT2D eigenvalue weighted by atomic mass is 35.5. The summed E-state index contributed by atoms with van der Waals surface area (Å²) >= 11 is 5.96. The van der Waals surface area contributed by atoms with Gasteiger partial charge in [0.05, 0.1) is 12.3 Å². The average Bonchev–Trinajstić information content (AvgIpc) is 2.30. The Kier molecular flexibility index (Phi) is 5.09. The molecule has 0 unspecified atom stereocenters. The Hall–Kier alpha value is -0.930. The van der Waals surface area contributed by atoms with Gasteiger partial charge in [-0.1, -0.05) is 25.4 Å². The highest BCUT2D eigenvalue weighted by molar-refractivity contribution is 6.30. The molecule has 0 aliphatic rings. The molecule has 0 fully saturated rings. The fourth-order valence-corrected chi connectivity index (χ4v) is 1.48. The standard InChI is InChI=1S/C13H20ClNO2/c1-4-17-12-6-5-10(14)7-11(12)15-8-13(2,3)9-16/h5-7,15-16H,4,8-9H2,1-3H3. The summed E-state index contributed by atoms with van der Waals surface area (Å²) in [7, 11) is 0. The minimum Gasteiger partial charge on any atom is -0.492 e. The van der Waals surface area contributed by atoms with Gasteiger partial charge in [0.1, 0.15) is 5.75 Å². The van der Waals surface area contributed by atoms with Crippen LogP contribution in [0.4, 0.5) is 5.69 Å². The number of nitrogens with one attached hydrogen (secondary N) is 1. The smallest absolute Gasteiger partial charge is 0.142 e. The molecule has 0 heterocycles. The number of anilines is 1. The number of rotatable bonds is 6. The van der Waals surface area contributed by atoms with E-state index in [0.29, 0.717) is 18.2 Å². The lowest BCUT2D eigenvalue weighted by Gasteiger charge is -2.23. The SMILES string of the molecule is CCOc1ccc(Cl)cc1NCC(C)(C)CO. The van der Waals surface area contributed by atoms with Crippen molar-refractivity contribution in [2.75, 3.05) is 25.1 Å². The summed E-state index contributed by atoms with van der Waals surface area (Å²) in [4.78, 5) is 0. The van der Waals surface area contributed by atoms with Crippen molar-refractivity contribution in [3.05, 3.63) is 23.2 Å². The van der Waals surface area contributed by atoms with Crippen LogP contribution in [-0.2, 0) is 0 Å². The third kappa shape index (κ3) is 4.44. The zero-order valence-corrected chi connectivity index (χ0v) is 11.3. The van der Waals surface area contributed by atoms with E-state index < -0.39 is 0 Å². The number of hydrogen-bond acceptors (Lipinski definition) is 3. The van der Waals surface area contributed by atoms with Crippen molar-refractivity contribution in [1.29, 1.82) is 0 Å². The second-order valence-corrected chi connectivity index (χ2v) is 5.19. The fourth-order valence-electron chi connectivity index (χ4n) is 1.31. The molecule has 1 rings (SSSR count). The van der Waals surface area contributed by atoms with Crippen LogP contribution in [0.5, 0.6) is 5.75 Å². The molecule has 0 aromatic heterocycles. The molecular weight excluding hydrogens is 238 g/mol. The van der Waals surface area contributed by atoms with Crippen molar-refractivity contribution in [3.63, 3.8) is 0 Å². The van der Waals surface area contributed by atoms with Crippen LogP contribution < -0.4 is 10.1 Å². The van der Waals surface area contributed by atoms with Crippen LogP contribution in [0.2, 0.25) is 5.02 Å². The van der Waals surface area contributed by atoms with E-state index in [9.17, 15) is 5.11 Å². The van der Waals surface area contributed by atoms with Crippen molar-refractivity contribution in [2.24, 2.45) is 5.41 Å². The third-order valence-corrected chi connectivity index (χ3v) is 2.66. The molecule has 0 amide bonds. The van der Waals surface area contributed by atoms with Gasteiger partial charge in [0, 0.05) is 23.6 Å². The molecule has 0 saturated heterocycles. The Bertz CT molecular complexity index is 366. The van der Waals surface area contributed by atoms with E-state index >= 15 is 0 Å². The van der Waals surface area contributed by atoms with Crippen molar-refractivity contribution in [1.82, 2.24) is 0 Å². The van der Waals surface area contributed by atoms with Crippen molar-refractivity contribution >= 4 is 17.3 Å². The molecule has 0 aliphatic carbocycles. The molecule has 0 aliphatic heterocycles. The Morgan fingerprint density at radius 3 is 2.71 bits per heavy atom. The number of halogens is 1. The second kappa shape index (κ2) is 6.12. The van der Waals surface area contributed by atoms with Crippen LogP contribution in [0, 0.1) is 5.41 Å². The summed E-state index contributed by atoms with van der Waals surface area (Å²) < 4.78 is 5.51. The van der Waals surface area contributed by atoms with Gasteiger partial charge in [-0.2, -0.15) is 0 Å². The third-order valence-electron chi connectivity index (χ3n) is 2.43. The predicted octanol–water partition coefficient (Wildman–Crippen LogP) is 3.17. The number of benzene rings is 1. The molecule has 0 saturated carbocycles. The van der Waals surface area contributed by atoms with Gasteiger partial charge in [0.25, 0.3) is 0 Å². The zero-order valence-electron chi connectivity index (χ0n) is 10.6. The van der Waals surface area contributed by atoms with Gasteiger partial charge in [0.15, 0.2) is 0 Å². The first kappa shape index (κ1) is 14.1. The molecule has 1 aromatic rings. The van der Waals surface area contributed by atoms with E-state index in [4.69, 9.17) is 16.3 Å². The summed E-state index contributed by atoms with van der Waals surface area (Å²) in [6, 6.07) is 5.48. The first-order chi connectivity index (χ1) is 7.98. The van der Waals surface area contributed by atoms with Gasteiger partial charge in [0.2, 0.25) is 0 Å². The van der Waals surface area contributed by atoms with Gasteiger partial charge >= 0.3 is 0 Å². The molecule has 96 valence electrons. The highest BCUT2D eigenvalue weighted by Crippen LogP contribution is 2.29. The van der Waals surface area contributed by atoms with E-state index in [1.54, 1.807) is 6.07 Å². The molecule has 1 aromatic carbocycles. The molecule has 3 nitrogen and oxygen atoms in total. The van der Waals surface area contributed by atoms with Gasteiger partial charge < -0.3 is 15.2 Å². The first-order valence-corrected chi connectivity index (χ1v) is 6.13. The minimum absolute atomic E-state index is 0.129. The highest BCUT2D eigenvalue weighted by Gasteiger charge is 2.17. The number of aliphatic hydroxyl groups is 1. The minimum atomic E-state index is -0.175. The molecule has 2 N–H and O–H groups in total. The van der Waals surface area contributed by atoms with Crippen LogP contribution in [-0.4, -0.2) is 24.9 Å². The Labute approximate surface area is 108 Å². The van der Waals surface area contributed by atoms with Crippen LogP contribution in [0.1, 0.15) is 20.8 Å². The topological polar surface area (TPSA) is 41.5 Å². The van der Waals surface area contributed by atoms with Crippen molar-refractivity contribution in [2.45, 2.75) is 20.8 Å². The zero-order chi connectivity index (χ0) is 12.9. The quantitative estimate of drug-likeness (QED) is 0.823. The normalized spacial score (nSPS) is 11.4. The fraction of sp³-hybridized carbons (Fsp3) is 0.538. The lowest BCUT2D eigenvalue weighted by atomic mass is 9.95. The summed E-state index contributed by atoms with van der Waals surface area (Å²) in [5.41, 5.74) is 0.687. The van der Waals surface area contributed by atoms with Crippen molar-refractivity contribution in [3.8, 4) is 5.75 Å². The largest absolute Gasteiger partial charge is 0.492 e. The van der Waals surface area contributed by atoms with Crippen LogP contribution in [0.25, 0.3) is 0 Å². The maximum absolute atomic E-state index is 9.20. The molecule has 0 atom stereocenters. The van der Waals surface area contributed by atoms with Gasteiger partial charge in [-0.3, -0.25) is 0 Å². The summed E-state index contributed by atoms with van der Waals surface area (Å²) in [5.74, 6) is 0.783. The number of hydrogen-bond donors (Lipinski definition) is 2. The molecule has 0 spiro atoms. The summed E-state index contributed by atoms with van der Waals surface area (Å²) in [6.45, 7) is 7.32. The van der Waals surface area contributed by atoms with E-state index in [1.807, 2.05) is 32.9 Å². The predicted molar refractivity (Wildman–Crippen MR) is 72.0 cm³/mol. The van der Waals surface area contributed by atoms with E-state index in [2.05, 4.69) is 5.32 Å². The summed E-state index contributed by atoms with van der Waals surface area (Å²) in [5, 5.41) is 13.1. The van der Waals surface area contributed by atoms with Gasteiger partial charge in [-0.05, 0) is 25.1 Å². The maximum atomic E-state index is 9.20. The second-order valence-electron chi connectivity index (χ2n) is 4.75. The first-order valence-electron chi connectivity index (χ1n) is 5.75. The molecule has 0 bridgehead atoms. The van der Waals surface area contributed by atoms with Gasteiger partial charge in [-0.25, -0.2) is 0 Å². The lowest BCUT2D eigenvalue weighted by molar-refractivity contribution is 0.170. The summed E-state index contributed by atoms with van der Waals surface area (Å²) in [6.07, 6.45) is 0. The van der Waals surface area contributed by atoms with Gasteiger partial charge in [-0.15, -0.1) is 0 Å². The van der Waals surface area contributed by atoms with E-state index in [0.717, 1.165) is 11.4 Å². The average molecular weight is 258 g/mol. The van der Waals surface area contributed by atoms with Crippen LogP contribution in [0.3, 0.4) is 0 Å². The van der Waals surface area contributed by atoms with E-state index in [-0.39, 0.29) is 12.0 Å². The molecule has 4 heteroatoms. The van der Waals surface area contributed by atoms with Crippen LogP contribution >= 0.6 is 11.6 Å². The molecule has 0 radical (unpaired) electrons. The number of ether oxygens (including phenoxy) is 1. The maximum Gasteiger partial charge on any atom is 0.142 e. The lowest BCUT2D eigenvalue weighted by Crippen LogP contribution is -2.26. The van der Waals surface area contributed by atoms with Crippen molar-refractivity contribution < 1.29 is 9.84 Å². The Morgan fingerprint density at radius 1 is 1.41 bits per heavy atom. The Balaban J connectivity index is 2.77. The molecular formula is C13H20ClNO2. The number of aliphatic hydroxyl groups excluding tert-OH is 1. The monoisotopic (exact) mass is 257 g/mol. The van der Waals surface area contributed by atoms with Crippen LogP contribution in [0.15, 0.2) is 18.2 Å². The Morgan fingerprint density at radius 2 is 2.12 bits per heavy atom. The van der Waals surface area contributed by atoms with E-state index in [1.165, 1.54) is 0 Å².